The van der Waals surface area contributed by atoms with Crippen molar-refractivity contribution in [2.75, 3.05) is 11.9 Å². The molecule has 1 aliphatic carbocycles. The third kappa shape index (κ3) is 1.22. The van der Waals surface area contributed by atoms with E-state index < -0.39 is 0 Å². The lowest BCUT2D eigenvalue weighted by Crippen LogP contribution is -1.97. The fourth-order valence-electron chi connectivity index (χ4n) is 1.43. The van der Waals surface area contributed by atoms with Crippen molar-refractivity contribution in [2.45, 2.75) is 19.8 Å². The minimum absolute atomic E-state index is 0.897. The Hall–Kier alpha value is -1.25. The summed E-state index contributed by atoms with van der Waals surface area (Å²) in [5.41, 5.74) is 2.35. The number of aromatic amines is 1. The topological polar surface area (TPSA) is 40.7 Å². The lowest BCUT2D eigenvalue weighted by atomic mass is 10.1. The normalized spacial score (nSPS) is 14.4. The summed E-state index contributed by atoms with van der Waals surface area (Å²) in [5.74, 6) is 0.897. The van der Waals surface area contributed by atoms with Crippen molar-refractivity contribution < 1.29 is 0 Å². The number of allylic oxidation sites excluding steroid dienone is 1. The molecule has 1 aliphatic rings. The molecular formula is C9H13N3. The summed E-state index contributed by atoms with van der Waals surface area (Å²) in [6.07, 6.45) is 6.46. The SMILES string of the molecule is CCNc1nc2c([nH]1)CCC=C2. The quantitative estimate of drug-likeness (QED) is 0.698. The molecule has 0 spiro atoms. The van der Waals surface area contributed by atoms with Crippen LogP contribution in [-0.2, 0) is 6.42 Å². The molecule has 1 aromatic heterocycles. The van der Waals surface area contributed by atoms with Crippen molar-refractivity contribution in [2.24, 2.45) is 0 Å². The smallest absolute Gasteiger partial charge is 0.200 e. The van der Waals surface area contributed by atoms with Gasteiger partial charge in [0.1, 0.15) is 0 Å². The Morgan fingerprint density at radius 1 is 1.67 bits per heavy atom. The molecule has 64 valence electrons. The zero-order chi connectivity index (χ0) is 8.39. The number of rotatable bonds is 2. The average molecular weight is 163 g/mol. The number of fused-ring (bicyclic) bond motifs is 1. The first-order valence-electron chi connectivity index (χ1n) is 4.39. The number of hydrogen-bond acceptors (Lipinski definition) is 2. The Bertz CT molecular complexity index is 299. The molecule has 3 nitrogen and oxygen atoms in total. The highest BCUT2D eigenvalue weighted by Crippen LogP contribution is 2.18. The second kappa shape index (κ2) is 3.01. The van der Waals surface area contributed by atoms with E-state index in [0.717, 1.165) is 31.0 Å². The Kier molecular flexibility index (Phi) is 1.86. The van der Waals surface area contributed by atoms with Gasteiger partial charge in [-0.1, -0.05) is 6.08 Å². The molecule has 0 saturated heterocycles. The number of aromatic nitrogens is 2. The highest BCUT2D eigenvalue weighted by molar-refractivity contribution is 5.53. The third-order valence-electron chi connectivity index (χ3n) is 1.99. The maximum absolute atomic E-state index is 4.39. The van der Waals surface area contributed by atoms with Crippen LogP contribution in [0.5, 0.6) is 0 Å². The molecule has 0 bridgehead atoms. The first-order chi connectivity index (χ1) is 5.90. The Labute approximate surface area is 71.9 Å². The largest absolute Gasteiger partial charge is 0.356 e. The van der Waals surface area contributed by atoms with E-state index in [1.807, 2.05) is 0 Å². The molecule has 2 N–H and O–H groups in total. The summed E-state index contributed by atoms with van der Waals surface area (Å²) in [5, 5.41) is 3.16. The lowest BCUT2D eigenvalue weighted by Gasteiger charge is -2.00. The van der Waals surface area contributed by atoms with Gasteiger partial charge < -0.3 is 10.3 Å². The van der Waals surface area contributed by atoms with Crippen molar-refractivity contribution in [3.05, 3.63) is 17.5 Å². The minimum Gasteiger partial charge on any atom is -0.356 e. The van der Waals surface area contributed by atoms with Gasteiger partial charge in [-0.3, -0.25) is 0 Å². The van der Waals surface area contributed by atoms with E-state index in [4.69, 9.17) is 0 Å². The molecule has 2 rings (SSSR count). The van der Waals surface area contributed by atoms with Gasteiger partial charge in [-0.25, -0.2) is 4.98 Å². The third-order valence-corrected chi connectivity index (χ3v) is 1.99. The van der Waals surface area contributed by atoms with Crippen LogP contribution in [0.3, 0.4) is 0 Å². The number of nitrogens with zero attached hydrogens (tertiary/aromatic N) is 1. The minimum atomic E-state index is 0.897. The van der Waals surface area contributed by atoms with Gasteiger partial charge >= 0.3 is 0 Å². The van der Waals surface area contributed by atoms with Crippen LogP contribution in [0.2, 0.25) is 0 Å². The molecule has 3 heteroatoms. The second-order valence-electron chi connectivity index (χ2n) is 2.92. The van der Waals surface area contributed by atoms with Crippen LogP contribution in [0.15, 0.2) is 6.08 Å². The van der Waals surface area contributed by atoms with Crippen LogP contribution in [0, 0.1) is 0 Å². The fourth-order valence-corrected chi connectivity index (χ4v) is 1.43. The van der Waals surface area contributed by atoms with Gasteiger partial charge in [-0.15, -0.1) is 0 Å². The fraction of sp³-hybridized carbons (Fsp3) is 0.444. The van der Waals surface area contributed by atoms with Crippen LogP contribution < -0.4 is 5.32 Å². The molecule has 0 aromatic carbocycles. The molecular weight excluding hydrogens is 150 g/mol. The highest BCUT2D eigenvalue weighted by atomic mass is 15.1. The number of hydrogen-bond donors (Lipinski definition) is 2. The molecule has 0 unspecified atom stereocenters. The maximum atomic E-state index is 4.39. The zero-order valence-electron chi connectivity index (χ0n) is 7.22. The summed E-state index contributed by atoms with van der Waals surface area (Å²) in [4.78, 5) is 7.65. The summed E-state index contributed by atoms with van der Waals surface area (Å²) in [6, 6.07) is 0. The van der Waals surface area contributed by atoms with Crippen molar-refractivity contribution >= 4 is 12.0 Å². The van der Waals surface area contributed by atoms with Crippen LogP contribution in [0.4, 0.5) is 5.95 Å². The molecule has 0 saturated carbocycles. The molecule has 0 fully saturated rings. The Morgan fingerprint density at radius 2 is 2.58 bits per heavy atom. The molecule has 0 radical (unpaired) electrons. The van der Waals surface area contributed by atoms with Gasteiger partial charge in [-0.2, -0.15) is 0 Å². The van der Waals surface area contributed by atoms with Crippen molar-refractivity contribution in [3.63, 3.8) is 0 Å². The van der Waals surface area contributed by atoms with Crippen LogP contribution in [-0.4, -0.2) is 16.5 Å². The van der Waals surface area contributed by atoms with E-state index in [1.54, 1.807) is 0 Å². The number of H-pyrrole nitrogens is 1. The highest BCUT2D eigenvalue weighted by Gasteiger charge is 2.08. The number of aryl methyl sites for hydroxylation is 1. The zero-order valence-corrected chi connectivity index (χ0v) is 7.22. The van der Waals surface area contributed by atoms with Crippen LogP contribution in [0.25, 0.3) is 6.08 Å². The van der Waals surface area contributed by atoms with Crippen molar-refractivity contribution in [1.29, 1.82) is 0 Å². The molecule has 0 aliphatic heterocycles. The standard InChI is InChI=1S/C9H13N3/c1-2-10-9-11-7-5-3-4-6-8(7)12-9/h3,5H,2,4,6H2,1H3,(H2,10,11,12). The Morgan fingerprint density at radius 3 is 3.33 bits per heavy atom. The van der Waals surface area contributed by atoms with Gasteiger partial charge in [0.25, 0.3) is 0 Å². The first-order valence-corrected chi connectivity index (χ1v) is 4.39. The lowest BCUT2D eigenvalue weighted by molar-refractivity contribution is 0.943. The summed E-state index contributed by atoms with van der Waals surface area (Å²) >= 11 is 0. The maximum Gasteiger partial charge on any atom is 0.200 e. The van der Waals surface area contributed by atoms with Gasteiger partial charge in [-0.05, 0) is 25.8 Å². The molecule has 1 heterocycles. The van der Waals surface area contributed by atoms with E-state index in [9.17, 15) is 0 Å². The number of nitrogens with one attached hydrogen (secondary N) is 2. The van der Waals surface area contributed by atoms with Crippen LogP contribution >= 0.6 is 0 Å². The van der Waals surface area contributed by atoms with Crippen LogP contribution in [0.1, 0.15) is 24.7 Å². The monoisotopic (exact) mass is 163 g/mol. The number of anilines is 1. The first kappa shape index (κ1) is 7.40. The second-order valence-corrected chi connectivity index (χ2v) is 2.92. The van der Waals surface area contributed by atoms with Gasteiger partial charge in [0, 0.05) is 12.2 Å². The van der Waals surface area contributed by atoms with E-state index >= 15 is 0 Å². The number of imidazole rings is 1. The van der Waals surface area contributed by atoms with Gasteiger partial charge in [0.15, 0.2) is 0 Å². The summed E-state index contributed by atoms with van der Waals surface area (Å²) in [6.45, 7) is 2.98. The van der Waals surface area contributed by atoms with Gasteiger partial charge in [0.05, 0.1) is 5.69 Å². The molecule has 0 amide bonds. The van der Waals surface area contributed by atoms with E-state index in [2.05, 4.69) is 34.4 Å². The predicted octanol–water partition coefficient (Wildman–Crippen LogP) is 1.80. The summed E-state index contributed by atoms with van der Waals surface area (Å²) < 4.78 is 0. The molecule has 0 atom stereocenters. The summed E-state index contributed by atoms with van der Waals surface area (Å²) in [7, 11) is 0. The molecule has 12 heavy (non-hydrogen) atoms. The van der Waals surface area contributed by atoms with Gasteiger partial charge in [0.2, 0.25) is 5.95 Å². The van der Waals surface area contributed by atoms with Crippen molar-refractivity contribution in [3.8, 4) is 0 Å². The van der Waals surface area contributed by atoms with E-state index in [1.165, 1.54) is 5.69 Å². The van der Waals surface area contributed by atoms with E-state index in [0.29, 0.717) is 0 Å². The van der Waals surface area contributed by atoms with Crippen molar-refractivity contribution in [1.82, 2.24) is 9.97 Å². The Balaban J connectivity index is 2.27. The average Bonchev–Trinajstić information content (AvgIpc) is 2.47. The van der Waals surface area contributed by atoms with E-state index in [-0.39, 0.29) is 0 Å². The molecule has 1 aromatic rings. The predicted molar refractivity (Wildman–Crippen MR) is 50.1 cm³/mol.